The van der Waals surface area contributed by atoms with E-state index in [1.54, 1.807) is 24.0 Å². The Kier molecular flexibility index (Phi) is 4.36. The second-order valence-corrected chi connectivity index (χ2v) is 5.20. The van der Waals surface area contributed by atoms with Gasteiger partial charge in [0.1, 0.15) is 12.4 Å². The lowest BCUT2D eigenvalue weighted by molar-refractivity contribution is -0.139. The smallest absolute Gasteiger partial charge is 0.338 e. The number of nitrogens with zero attached hydrogens (tertiary/aromatic N) is 4. The van der Waals surface area contributed by atoms with Crippen LogP contribution in [0.25, 0.3) is 0 Å². The lowest BCUT2D eigenvalue weighted by atomic mass is 9.95. The third kappa shape index (κ3) is 2.81. The van der Waals surface area contributed by atoms with E-state index in [-0.39, 0.29) is 12.0 Å². The Morgan fingerprint density at radius 3 is 3.00 bits per heavy atom. The van der Waals surface area contributed by atoms with Crippen molar-refractivity contribution in [3.05, 3.63) is 47.7 Å². The van der Waals surface area contributed by atoms with Crippen LogP contribution in [0.3, 0.4) is 0 Å². The van der Waals surface area contributed by atoms with Gasteiger partial charge in [-0.05, 0) is 25.0 Å². The number of ether oxygens (including phenoxy) is 1. The van der Waals surface area contributed by atoms with Crippen LogP contribution in [-0.4, -0.2) is 32.3 Å². The Morgan fingerprint density at radius 2 is 2.30 bits per heavy atom. The highest BCUT2D eigenvalue weighted by molar-refractivity contribution is 5.92. The number of rotatable bonds is 5. The zero-order chi connectivity index (χ0) is 16.2. The van der Waals surface area contributed by atoms with Crippen LogP contribution in [0.4, 0.5) is 5.95 Å². The summed E-state index contributed by atoms with van der Waals surface area (Å²) in [7, 11) is 0. The first-order valence-electron chi connectivity index (χ1n) is 7.72. The molecule has 0 unspecified atom stereocenters. The van der Waals surface area contributed by atoms with Crippen molar-refractivity contribution in [2.24, 2.45) is 0 Å². The number of anilines is 1. The van der Waals surface area contributed by atoms with Crippen LogP contribution in [0.2, 0.25) is 0 Å². The SMILES string of the molecule is CCCC1=C(C(=O)OCC)[C@H](c2cccnc2)n2ncnc2N1. The molecule has 1 N–H and O–H groups in total. The summed E-state index contributed by atoms with van der Waals surface area (Å²) in [5, 5.41) is 7.49. The average Bonchev–Trinajstić information content (AvgIpc) is 3.03. The molecular formula is C16H19N5O2. The number of fused-ring (bicyclic) bond motifs is 1. The van der Waals surface area contributed by atoms with E-state index in [2.05, 4.69) is 27.3 Å². The van der Waals surface area contributed by atoms with Gasteiger partial charge in [0.2, 0.25) is 5.95 Å². The molecule has 0 amide bonds. The zero-order valence-electron chi connectivity index (χ0n) is 13.2. The first-order chi connectivity index (χ1) is 11.3. The Morgan fingerprint density at radius 1 is 1.43 bits per heavy atom. The van der Waals surface area contributed by atoms with Crippen LogP contribution in [-0.2, 0) is 9.53 Å². The summed E-state index contributed by atoms with van der Waals surface area (Å²) in [6.07, 6.45) is 6.55. The van der Waals surface area contributed by atoms with Gasteiger partial charge in [-0.25, -0.2) is 9.48 Å². The molecule has 0 radical (unpaired) electrons. The van der Waals surface area contributed by atoms with Gasteiger partial charge in [0, 0.05) is 18.1 Å². The number of carbonyl (C=O) groups excluding carboxylic acids is 1. The molecule has 2 aromatic heterocycles. The molecule has 1 aliphatic heterocycles. The molecule has 3 heterocycles. The quantitative estimate of drug-likeness (QED) is 0.853. The predicted molar refractivity (Wildman–Crippen MR) is 84.6 cm³/mol. The van der Waals surface area contributed by atoms with E-state index < -0.39 is 0 Å². The summed E-state index contributed by atoms with van der Waals surface area (Å²) in [4.78, 5) is 21.0. The first kappa shape index (κ1) is 15.2. The van der Waals surface area contributed by atoms with Gasteiger partial charge in [-0.2, -0.15) is 10.1 Å². The number of carbonyl (C=O) groups is 1. The summed E-state index contributed by atoms with van der Waals surface area (Å²) in [5.74, 6) is 0.286. The summed E-state index contributed by atoms with van der Waals surface area (Å²) >= 11 is 0. The Labute approximate surface area is 134 Å². The maximum atomic E-state index is 12.6. The summed E-state index contributed by atoms with van der Waals surface area (Å²) in [6, 6.07) is 3.39. The minimum absolute atomic E-state index is 0.325. The van der Waals surface area contributed by atoms with Crippen molar-refractivity contribution in [3.8, 4) is 0 Å². The normalized spacial score (nSPS) is 16.7. The van der Waals surface area contributed by atoms with Crippen molar-refractivity contribution in [3.63, 3.8) is 0 Å². The molecule has 3 rings (SSSR count). The maximum Gasteiger partial charge on any atom is 0.338 e. The molecule has 1 aliphatic rings. The highest BCUT2D eigenvalue weighted by Gasteiger charge is 2.35. The molecule has 23 heavy (non-hydrogen) atoms. The number of aromatic nitrogens is 4. The molecule has 0 aliphatic carbocycles. The van der Waals surface area contributed by atoms with E-state index in [4.69, 9.17) is 4.74 Å². The van der Waals surface area contributed by atoms with Crippen LogP contribution < -0.4 is 5.32 Å². The number of hydrogen-bond donors (Lipinski definition) is 1. The number of esters is 1. The summed E-state index contributed by atoms with van der Waals surface area (Å²) < 4.78 is 6.98. The molecule has 1 atom stereocenters. The van der Waals surface area contributed by atoms with Crippen LogP contribution in [0, 0.1) is 0 Å². The molecule has 0 saturated carbocycles. The predicted octanol–water partition coefficient (Wildman–Crippen LogP) is 2.31. The van der Waals surface area contributed by atoms with Crippen molar-refractivity contribution in [2.45, 2.75) is 32.7 Å². The number of hydrogen-bond acceptors (Lipinski definition) is 6. The number of pyridine rings is 1. The fourth-order valence-electron chi connectivity index (χ4n) is 2.75. The Bertz CT molecular complexity index is 723. The highest BCUT2D eigenvalue weighted by Crippen LogP contribution is 2.36. The van der Waals surface area contributed by atoms with Crippen molar-refractivity contribution >= 4 is 11.9 Å². The maximum absolute atomic E-state index is 12.6. The lowest BCUT2D eigenvalue weighted by Crippen LogP contribution is -2.30. The van der Waals surface area contributed by atoms with Gasteiger partial charge in [-0.3, -0.25) is 4.98 Å². The molecule has 0 aromatic carbocycles. The van der Waals surface area contributed by atoms with Crippen molar-refractivity contribution in [1.29, 1.82) is 0 Å². The van der Waals surface area contributed by atoms with Gasteiger partial charge in [0.25, 0.3) is 0 Å². The van der Waals surface area contributed by atoms with Crippen molar-refractivity contribution in [1.82, 2.24) is 19.7 Å². The second kappa shape index (κ2) is 6.60. The molecule has 120 valence electrons. The largest absolute Gasteiger partial charge is 0.463 e. The topological polar surface area (TPSA) is 81.9 Å². The molecule has 0 spiro atoms. The fourth-order valence-corrected chi connectivity index (χ4v) is 2.75. The number of allylic oxidation sites excluding steroid dienone is 1. The van der Waals surface area contributed by atoms with Crippen LogP contribution >= 0.6 is 0 Å². The molecule has 0 saturated heterocycles. The van der Waals surface area contributed by atoms with E-state index >= 15 is 0 Å². The standard InChI is InChI=1S/C16H19N5O2/c1-3-6-12-13(15(22)23-4-2)14(11-7-5-8-17-9-11)21-16(20-12)18-10-19-21/h5,7-10,14H,3-4,6H2,1-2H3,(H,18,19,20)/t14-/m0/s1. The van der Waals surface area contributed by atoms with E-state index in [1.807, 2.05) is 12.1 Å². The van der Waals surface area contributed by atoms with E-state index in [1.165, 1.54) is 6.33 Å². The highest BCUT2D eigenvalue weighted by atomic mass is 16.5. The van der Waals surface area contributed by atoms with Gasteiger partial charge in [0.05, 0.1) is 12.2 Å². The lowest BCUT2D eigenvalue weighted by Gasteiger charge is -2.29. The molecule has 7 heteroatoms. The van der Waals surface area contributed by atoms with Gasteiger partial charge in [-0.15, -0.1) is 0 Å². The van der Waals surface area contributed by atoms with E-state index in [0.29, 0.717) is 18.1 Å². The van der Waals surface area contributed by atoms with E-state index in [0.717, 1.165) is 24.1 Å². The zero-order valence-corrected chi connectivity index (χ0v) is 13.2. The van der Waals surface area contributed by atoms with Crippen molar-refractivity contribution in [2.75, 3.05) is 11.9 Å². The van der Waals surface area contributed by atoms with Crippen LogP contribution in [0.1, 0.15) is 38.3 Å². The molecule has 0 fully saturated rings. The molecule has 7 nitrogen and oxygen atoms in total. The van der Waals surface area contributed by atoms with Crippen LogP contribution in [0.15, 0.2) is 42.1 Å². The third-order valence-corrected chi connectivity index (χ3v) is 3.67. The minimum Gasteiger partial charge on any atom is -0.463 e. The van der Waals surface area contributed by atoms with E-state index in [9.17, 15) is 4.79 Å². The summed E-state index contributed by atoms with van der Waals surface area (Å²) in [6.45, 7) is 4.19. The second-order valence-electron chi connectivity index (χ2n) is 5.20. The molecule has 2 aromatic rings. The van der Waals surface area contributed by atoms with Crippen molar-refractivity contribution < 1.29 is 9.53 Å². The Balaban J connectivity index is 2.15. The van der Waals surface area contributed by atoms with Crippen LogP contribution in [0.5, 0.6) is 0 Å². The van der Waals surface area contributed by atoms with Gasteiger partial charge in [-0.1, -0.05) is 19.4 Å². The average molecular weight is 313 g/mol. The first-order valence-corrected chi connectivity index (χ1v) is 7.72. The monoisotopic (exact) mass is 313 g/mol. The Hall–Kier alpha value is -2.70. The molecule has 0 bridgehead atoms. The molecular weight excluding hydrogens is 294 g/mol. The fraction of sp³-hybridized carbons (Fsp3) is 0.375. The van der Waals surface area contributed by atoms with Gasteiger partial charge in [0.15, 0.2) is 0 Å². The van der Waals surface area contributed by atoms with Gasteiger partial charge < -0.3 is 10.1 Å². The summed E-state index contributed by atoms with van der Waals surface area (Å²) in [5.41, 5.74) is 2.28. The minimum atomic E-state index is -0.386. The number of nitrogens with one attached hydrogen (secondary N) is 1. The third-order valence-electron chi connectivity index (χ3n) is 3.67. The van der Waals surface area contributed by atoms with Gasteiger partial charge >= 0.3 is 5.97 Å².